The monoisotopic (exact) mass is 356 g/mol. The number of hydrogen-bond acceptors (Lipinski definition) is 5. The molecule has 0 unspecified atom stereocenters. The average Bonchev–Trinajstić information content (AvgIpc) is 3.10. The van der Waals surface area contributed by atoms with Gasteiger partial charge < -0.3 is 9.13 Å². The van der Waals surface area contributed by atoms with Crippen LogP contribution in [0.3, 0.4) is 0 Å². The Hall–Kier alpha value is -2.81. The Labute approximate surface area is 146 Å². The molecule has 0 radical (unpaired) electrons. The van der Waals surface area contributed by atoms with Crippen LogP contribution in [0.4, 0.5) is 0 Å². The highest BCUT2D eigenvalue weighted by Crippen LogP contribution is 2.29. The number of aromatic nitrogens is 6. The molecule has 4 rings (SSSR count). The lowest BCUT2D eigenvalue weighted by Crippen LogP contribution is -2.37. The van der Waals surface area contributed by atoms with E-state index in [2.05, 4.69) is 9.97 Å². The molecule has 0 saturated carbocycles. The van der Waals surface area contributed by atoms with E-state index in [0.29, 0.717) is 10.8 Å². The molecule has 25 heavy (non-hydrogen) atoms. The molecule has 0 atom stereocenters. The lowest BCUT2D eigenvalue weighted by molar-refractivity contribution is 0.690. The highest BCUT2D eigenvalue weighted by Gasteiger charge is 2.19. The molecule has 3 aromatic heterocycles. The van der Waals surface area contributed by atoms with Crippen molar-refractivity contribution in [1.29, 1.82) is 0 Å². The van der Waals surface area contributed by atoms with Crippen molar-refractivity contribution in [2.75, 3.05) is 0 Å². The first kappa shape index (κ1) is 15.7. The van der Waals surface area contributed by atoms with Gasteiger partial charge >= 0.3 is 5.69 Å². The summed E-state index contributed by atoms with van der Waals surface area (Å²) in [6.45, 7) is 0. The zero-order chi connectivity index (χ0) is 17.9. The van der Waals surface area contributed by atoms with Crippen molar-refractivity contribution in [1.82, 2.24) is 28.2 Å². The fraction of sp³-hybridized carbons (Fsp3) is 0.250. The van der Waals surface area contributed by atoms with Crippen LogP contribution in [-0.2, 0) is 28.2 Å². The molecule has 0 spiro atoms. The first-order chi connectivity index (χ1) is 11.9. The van der Waals surface area contributed by atoms with Crippen LogP contribution >= 0.6 is 11.8 Å². The summed E-state index contributed by atoms with van der Waals surface area (Å²) in [6.07, 6.45) is 0. The van der Waals surface area contributed by atoms with Gasteiger partial charge in [0.2, 0.25) is 0 Å². The summed E-state index contributed by atoms with van der Waals surface area (Å²) in [4.78, 5) is 33.6. The van der Waals surface area contributed by atoms with Gasteiger partial charge in [-0.2, -0.15) is 0 Å². The van der Waals surface area contributed by atoms with Crippen molar-refractivity contribution in [2.45, 2.75) is 10.3 Å². The summed E-state index contributed by atoms with van der Waals surface area (Å²) in [5.74, 6) is 0. The number of rotatable bonds is 2. The lowest BCUT2D eigenvalue weighted by Gasteiger charge is -2.06. The van der Waals surface area contributed by atoms with Crippen LogP contribution in [-0.4, -0.2) is 28.2 Å². The molecule has 1 aromatic carbocycles. The molecule has 0 N–H and O–H groups in total. The van der Waals surface area contributed by atoms with Crippen LogP contribution in [0.5, 0.6) is 0 Å². The molecule has 8 nitrogen and oxygen atoms in total. The molecule has 3 heterocycles. The maximum absolute atomic E-state index is 12.4. The summed E-state index contributed by atoms with van der Waals surface area (Å²) in [7, 11) is 6.82. The number of nitrogens with zero attached hydrogens (tertiary/aromatic N) is 6. The summed E-state index contributed by atoms with van der Waals surface area (Å²) >= 11 is 1.36. The molecule has 0 aliphatic heterocycles. The Balaban J connectivity index is 1.93. The zero-order valence-corrected chi connectivity index (χ0v) is 15.0. The predicted molar refractivity (Wildman–Crippen MR) is 96.0 cm³/mol. The number of para-hydroxylation sites is 2. The van der Waals surface area contributed by atoms with Gasteiger partial charge in [0.1, 0.15) is 0 Å². The van der Waals surface area contributed by atoms with Gasteiger partial charge in [-0.25, -0.2) is 14.8 Å². The van der Waals surface area contributed by atoms with E-state index in [4.69, 9.17) is 0 Å². The standard InChI is InChI=1S/C16H16N6O2S/c1-19-10-8-6-5-7-9(10)17-14(19)25-15-18-11-12(20(15)2)21(3)16(24)22(4)13(11)23/h5-8H,1-4H3. The molecule has 128 valence electrons. The van der Waals surface area contributed by atoms with E-state index in [1.807, 2.05) is 35.9 Å². The van der Waals surface area contributed by atoms with E-state index in [1.165, 1.54) is 23.4 Å². The molecule has 9 heteroatoms. The third-order valence-electron chi connectivity index (χ3n) is 4.35. The number of fused-ring (bicyclic) bond motifs is 2. The Morgan fingerprint density at radius 1 is 0.840 bits per heavy atom. The van der Waals surface area contributed by atoms with Crippen molar-refractivity contribution in [3.8, 4) is 0 Å². The summed E-state index contributed by atoms with van der Waals surface area (Å²) < 4.78 is 6.24. The van der Waals surface area contributed by atoms with Crippen LogP contribution < -0.4 is 11.2 Å². The largest absolute Gasteiger partial charge is 0.332 e. The van der Waals surface area contributed by atoms with Crippen molar-refractivity contribution < 1.29 is 0 Å². The van der Waals surface area contributed by atoms with Gasteiger partial charge in [-0.15, -0.1) is 0 Å². The zero-order valence-electron chi connectivity index (χ0n) is 14.2. The van der Waals surface area contributed by atoms with E-state index in [1.54, 1.807) is 18.7 Å². The fourth-order valence-electron chi connectivity index (χ4n) is 2.95. The molecule has 0 aliphatic rings. The quantitative estimate of drug-likeness (QED) is 0.535. The topological polar surface area (TPSA) is 79.6 Å². The molecule has 0 amide bonds. The molecule has 0 fully saturated rings. The third kappa shape index (κ3) is 2.15. The molecule has 0 saturated heterocycles. The van der Waals surface area contributed by atoms with Crippen LogP contribution in [0.15, 0.2) is 44.2 Å². The van der Waals surface area contributed by atoms with E-state index in [9.17, 15) is 9.59 Å². The maximum atomic E-state index is 12.4. The Morgan fingerprint density at radius 3 is 2.24 bits per heavy atom. The van der Waals surface area contributed by atoms with Crippen molar-refractivity contribution in [3.05, 3.63) is 45.1 Å². The van der Waals surface area contributed by atoms with Crippen molar-refractivity contribution >= 4 is 34.0 Å². The van der Waals surface area contributed by atoms with E-state index in [0.717, 1.165) is 20.8 Å². The highest BCUT2D eigenvalue weighted by molar-refractivity contribution is 7.99. The summed E-state index contributed by atoms with van der Waals surface area (Å²) in [5, 5.41) is 1.37. The van der Waals surface area contributed by atoms with Gasteiger partial charge in [0.25, 0.3) is 5.56 Å². The predicted octanol–water partition coefficient (Wildman–Crippen LogP) is 1.01. The van der Waals surface area contributed by atoms with Crippen molar-refractivity contribution in [3.63, 3.8) is 0 Å². The van der Waals surface area contributed by atoms with Gasteiger partial charge in [-0.1, -0.05) is 12.1 Å². The normalized spacial score (nSPS) is 11.7. The minimum absolute atomic E-state index is 0.272. The second-order valence-electron chi connectivity index (χ2n) is 5.88. The smallest absolute Gasteiger partial charge is 0.322 e. The van der Waals surface area contributed by atoms with E-state index < -0.39 is 5.56 Å². The van der Waals surface area contributed by atoms with Crippen LogP contribution in [0, 0.1) is 0 Å². The SMILES string of the molecule is Cn1c(=O)c2nc(Sc3nc4ccccc4n3C)n(C)c2n(C)c1=O. The number of imidazole rings is 2. The third-order valence-corrected chi connectivity index (χ3v) is 5.45. The molecular formula is C16H16N6O2S. The van der Waals surface area contributed by atoms with Crippen LogP contribution in [0.1, 0.15) is 0 Å². The fourth-order valence-corrected chi connectivity index (χ4v) is 3.85. The van der Waals surface area contributed by atoms with Gasteiger partial charge in [0.15, 0.2) is 21.5 Å². The molecule has 0 aliphatic carbocycles. The Morgan fingerprint density at radius 2 is 1.52 bits per heavy atom. The molecular weight excluding hydrogens is 340 g/mol. The van der Waals surface area contributed by atoms with Gasteiger partial charge in [-0.05, 0) is 23.9 Å². The Bertz CT molecular complexity index is 1260. The first-order valence-electron chi connectivity index (χ1n) is 7.62. The van der Waals surface area contributed by atoms with E-state index in [-0.39, 0.29) is 11.2 Å². The van der Waals surface area contributed by atoms with Gasteiger partial charge in [0, 0.05) is 28.2 Å². The summed E-state index contributed by atoms with van der Waals surface area (Å²) in [5.41, 5.74) is 1.91. The molecule has 4 aromatic rings. The van der Waals surface area contributed by atoms with Crippen LogP contribution in [0.25, 0.3) is 22.2 Å². The first-order valence-corrected chi connectivity index (χ1v) is 8.43. The minimum atomic E-state index is -0.398. The van der Waals surface area contributed by atoms with Gasteiger partial charge in [0.05, 0.1) is 11.0 Å². The van der Waals surface area contributed by atoms with Gasteiger partial charge in [-0.3, -0.25) is 13.9 Å². The second kappa shape index (κ2) is 5.35. The molecule has 0 bridgehead atoms. The van der Waals surface area contributed by atoms with Crippen molar-refractivity contribution in [2.24, 2.45) is 28.2 Å². The maximum Gasteiger partial charge on any atom is 0.332 e. The van der Waals surface area contributed by atoms with Crippen LogP contribution in [0.2, 0.25) is 0 Å². The summed E-state index contributed by atoms with van der Waals surface area (Å²) in [6, 6.07) is 7.86. The highest BCUT2D eigenvalue weighted by atomic mass is 32.2. The van der Waals surface area contributed by atoms with E-state index >= 15 is 0 Å². The number of hydrogen-bond donors (Lipinski definition) is 0. The number of benzene rings is 1. The second-order valence-corrected chi connectivity index (χ2v) is 6.81. The lowest BCUT2D eigenvalue weighted by atomic mass is 10.3. The number of aryl methyl sites for hydroxylation is 3. The average molecular weight is 356 g/mol. The minimum Gasteiger partial charge on any atom is -0.322 e. The Kier molecular flexibility index (Phi) is 3.36.